The standard InChI is InChI=1S/C14H13FN2O3/c15-11-5-4-9(6-8(11)7-16)17-14(20)10-2-1-3-12(18)13(10)19/h1-6,18-19H,7,16H2,(H,17,20). The number of phenols is 2. The number of anilines is 1. The van der Waals surface area contributed by atoms with Crippen molar-refractivity contribution in [1.82, 2.24) is 0 Å². The monoisotopic (exact) mass is 276 g/mol. The molecule has 0 aliphatic heterocycles. The van der Waals surface area contributed by atoms with Gasteiger partial charge in [-0.1, -0.05) is 6.07 Å². The van der Waals surface area contributed by atoms with E-state index in [-0.39, 0.29) is 23.4 Å². The van der Waals surface area contributed by atoms with Gasteiger partial charge in [0.1, 0.15) is 5.82 Å². The van der Waals surface area contributed by atoms with Crippen LogP contribution in [-0.2, 0) is 6.54 Å². The highest BCUT2D eigenvalue weighted by atomic mass is 19.1. The summed E-state index contributed by atoms with van der Waals surface area (Å²) in [5, 5.41) is 21.4. The fraction of sp³-hybridized carbons (Fsp3) is 0.0714. The van der Waals surface area contributed by atoms with Gasteiger partial charge in [-0.25, -0.2) is 4.39 Å². The first-order chi connectivity index (χ1) is 9.52. The number of carbonyl (C=O) groups excluding carboxylic acids is 1. The molecular weight excluding hydrogens is 263 g/mol. The second-order valence-corrected chi connectivity index (χ2v) is 4.14. The summed E-state index contributed by atoms with van der Waals surface area (Å²) in [7, 11) is 0. The number of rotatable bonds is 3. The number of hydrogen-bond donors (Lipinski definition) is 4. The third kappa shape index (κ3) is 2.70. The maximum absolute atomic E-state index is 13.3. The summed E-state index contributed by atoms with van der Waals surface area (Å²) in [6.07, 6.45) is 0. The average Bonchev–Trinajstić information content (AvgIpc) is 2.43. The van der Waals surface area contributed by atoms with Crippen LogP contribution in [0.3, 0.4) is 0 Å². The molecule has 0 aliphatic rings. The lowest BCUT2D eigenvalue weighted by atomic mass is 10.1. The van der Waals surface area contributed by atoms with Crippen molar-refractivity contribution in [2.75, 3.05) is 5.32 Å². The van der Waals surface area contributed by atoms with Gasteiger partial charge in [0.15, 0.2) is 11.5 Å². The molecule has 2 aromatic rings. The molecule has 6 heteroatoms. The quantitative estimate of drug-likeness (QED) is 0.644. The lowest BCUT2D eigenvalue weighted by molar-refractivity contribution is 0.102. The molecule has 0 heterocycles. The minimum absolute atomic E-state index is 0.00686. The van der Waals surface area contributed by atoms with Crippen LogP contribution in [0.25, 0.3) is 0 Å². The average molecular weight is 276 g/mol. The fourth-order valence-corrected chi connectivity index (χ4v) is 1.72. The second-order valence-electron chi connectivity index (χ2n) is 4.14. The highest BCUT2D eigenvalue weighted by molar-refractivity contribution is 6.06. The molecule has 0 bridgehead atoms. The molecular formula is C14H13FN2O3. The van der Waals surface area contributed by atoms with Gasteiger partial charge in [0.05, 0.1) is 5.56 Å². The van der Waals surface area contributed by atoms with Gasteiger partial charge < -0.3 is 21.3 Å². The van der Waals surface area contributed by atoms with E-state index in [1.165, 1.54) is 36.4 Å². The summed E-state index contributed by atoms with van der Waals surface area (Å²) in [5.41, 5.74) is 5.91. The van der Waals surface area contributed by atoms with E-state index in [0.717, 1.165) is 0 Å². The SMILES string of the molecule is NCc1cc(NC(=O)c2cccc(O)c2O)ccc1F. The highest BCUT2D eigenvalue weighted by Gasteiger charge is 2.14. The molecule has 0 saturated heterocycles. The second kappa shape index (κ2) is 5.58. The Labute approximate surface area is 114 Å². The van der Waals surface area contributed by atoms with Gasteiger partial charge in [-0.2, -0.15) is 0 Å². The van der Waals surface area contributed by atoms with Crippen LogP contribution in [0.1, 0.15) is 15.9 Å². The van der Waals surface area contributed by atoms with E-state index < -0.39 is 17.5 Å². The van der Waals surface area contributed by atoms with Gasteiger partial charge in [0.25, 0.3) is 5.91 Å². The van der Waals surface area contributed by atoms with Crippen LogP contribution in [0, 0.1) is 5.82 Å². The van der Waals surface area contributed by atoms with Crippen molar-refractivity contribution in [3.63, 3.8) is 0 Å². The predicted molar refractivity (Wildman–Crippen MR) is 72.0 cm³/mol. The van der Waals surface area contributed by atoms with E-state index in [2.05, 4.69) is 5.32 Å². The number of amides is 1. The van der Waals surface area contributed by atoms with Crippen molar-refractivity contribution in [3.05, 3.63) is 53.3 Å². The van der Waals surface area contributed by atoms with Crippen LogP contribution >= 0.6 is 0 Å². The number of carbonyl (C=O) groups is 1. The topological polar surface area (TPSA) is 95.6 Å². The van der Waals surface area contributed by atoms with Crippen molar-refractivity contribution in [3.8, 4) is 11.5 Å². The zero-order valence-electron chi connectivity index (χ0n) is 10.4. The summed E-state index contributed by atoms with van der Waals surface area (Å²) in [4.78, 5) is 12.0. The van der Waals surface area contributed by atoms with E-state index in [9.17, 15) is 19.4 Å². The van der Waals surface area contributed by atoms with Crippen molar-refractivity contribution >= 4 is 11.6 Å². The van der Waals surface area contributed by atoms with Crippen LogP contribution in [0.2, 0.25) is 0 Å². The Hall–Kier alpha value is -2.60. The van der Waals surface area contributed by atoms with E-state index in [1.54, 1.807) is 0 Å². The van der Waals surface area contributed by atoms with E-state index in [0.29, 0.717) is 5.69 Å². The van der Waals surface area contributed by atoms with Crippen LogP contribution in [0.4, 0.5) is 10.1 Å². The van der Waals surface area contributed by atoms with Gasteiger partial charge in [0.2, 0.25) is 0 Å². The molecule has 0 spiro atoms. The lowest BCUT2D eigenvalue weighted by Gasteiger charge is -2.09. The van der Waals surface area contributed by atoms with Gasteiger partial charge in [-0.15, -0.1) is 0 Å². The van der Waals surface area contributed by atoms with Crippen LogP contribution in [0.5, 0.6) is 11.5 Å². The maximum Gasteiger partial charge on any atom is 0.259 e. The largest absolute Gasteiger partial charge is 0.504 e. The molecule has 1 amide bonds. The van der Waals surface area contributed by atoms with Gasteiger partial charge in [0, 0.05) is 17.8 Å². The Morgan fingerprint density at radius 3 is 2.70 bits per heavy atom. The molecule has 0 atom stereocenters. The van der Waals surface area contributed by atoms with Crippen LogP contribution < -0.4 is 11.1 Å². The highest BCUT2D eigenvalue weighted by Crippen LogP contribution is 2.28. The Kier molecular flexibility index (Phi) is 3.86. The molecule has 5 nitrogen and oxygen atoms in total. The Bertz CT molecular complexity index is 659. The van der Waals surface area contributed by atoms with Gasteiger partial charge >= 0.3 is 0 Å². The predicted octanol–water partition coefficient (Wildman–Crippen LogP) is 1.95. The van der Waals surface area contributed by atoms with E-state index >= 15 is 0 Å². The number of nitrogens with two attached hydrogens (primary N) is 1. The van der Waals surface area contributed by atoms with Gasteiger partial charge in [-0.05, 0) is 30.3 Å². The van der Waals surface area contributed by atoms with Crippen molar-refractivity contribution in [2.45, 2.75) is 6.54 Å². The Balaban J connectivity index is 2.26. The molecule has 0 aliphatic carbocycles. The number of hydrogen-bond acceptors (Lipinski definition) is 4. The van der Waals surface area contributed by atoms with Crippen molar-refractivity contribution < 1.29 is 19.4 Å². The van der Waals surface area contributed by atoms with E-state index in [4.69, 9.17) is 5.73 Å². The molecule has 104 valence electrons. The lowest BCUT2D eigenvalue weighted by Crippen LogP contribution is -2.13. The molecule has 2 rings (SSSR count). The summed E-state index contributed by atoms with van der Waals surface area (Å²) in [5.74, 6) is -1.97. The number of aromatic hydroxyl groups is 2. The number of nitrogens with one attached hydrogen (secondary N) is 1. The molecule has 0 fully saturated rings. The molecule has 5 N–H and O–H groups in total. The first kappa shape index (κ1) is 13.8. The molecule has 0 unspecified atom stereocenters. The summed E-state index contributed by atoms with van der Waals surface area (Å²) < 4.78 is 13.3. The first-order valence-electron chi connectivity index (χ1n) is 5.83. The summed E-state index contributed by atoms with van der Waals surface area (Å²) in [6, 6.07) is 8.04. The van der Waals surface area contributed by atoms with Crippen LogP contribution in [0.15, 0.2) is 36.4 Å². The zero-order chi connectivity index (χ0) is 14.7. The van der Waals surface area contributed by atoms with Crippen LogP contribution in [-0.4, -0.2) is 16.1 Å². The summed E-state index contributed by atoms with van der Waals surface area (Å²) in [6.45, 7) is 0.00686. The molecule has 20 heavy (non-hydrogen) atoms. The molecule has 0 radical (unpaired) electrons. The number of benzene rings is 2. The third-order valence-electron chi connectivity index (χ3n) is 2.78. The number of halogens is 1. The molecule has 2 aromatic carbocycles. The van der Waals surface area contributed by atoms with Crippen molar-refractivity contribution in [2.24, 2.45) is 5.73 Å². The normalized spacial score (nSPS) is 10.3. The smallest absolute Gasteiger partial charge is 0.259 e. The zero-order valence-corrected chi connectivity index (χ0v) is 10.4. The number of para-hydroxylation sites is 1. The minimum atomic E-state index is -0.618. The number of phenolic OH excluding ortho intramolecular Hbond substituents is 2. The first-order valence-corrected chi connectivity index (χ1v) is 5.83. The van der Waals surface area contributed by atoms with Crippen molar-refractivity contribution in [1.29, 1.82) is 0 Å². The third-order valence-corrected chi connectivity index (χ3v) is 2.78. The molecule has 0 saturated carbocycles. The minimum Gasteiger partial charge on any atom is -0.504 e. The maximum atomic E-state index is 13.3. The Morgan fingerprint density at radius 2 is 2.00 bits per heavy atom. The molecule has 0 aromatic heterocycles. The summed E-state index contributed by atoms with van der Waals surface area (Å²) >= 11 is 0. The fourth-order valence-electron chi connectivity index (χ4n) is 1.72. The van der Waals surface area contributed by atoms with Gasteiger partial charge in [-0.3, -0.25) is 4.79 Å². The Morgan fingerprint density at radius 1 is 1.25 bits per heavy atom. The van der Waals surface area contributed by atoms with E-state index in [1.807, 2.05) is 0 Å².